The minimum absolute atomic E-state index is 0.275. The summed E-state index contributed by atoms with van der Waals surface area (Å²) in [6.45, 7) is 6.79. The molecular weight excluding hydrogens is 316 g/mol. The zero-order valence-corrected chi connectivity index (χ0v) is 14.3. The van der Waals surface area contributed by atoms with Crippen LogP contribution in [0.15, 0.2) is 30.3 Å². The molecule has 2 rings (SSSR count). The summed E-state index contributed by atoms with van der Waals surface area (Å²) in [6, 6.07) is 9.15. The molecule has 0 bridgehead atoms. The van der Waals surface area contributed by atoms with Crippen molar-refractivity contribution in [2.75, 3.05) is 0 Å². The largest absolute Gasteiger partial charge is 0.444 e. The molecule has 1 aromatic carbocycles. The predicted molar refractivity (Wildman–Crippen MR) is 89.5 cm³/mol. The number of nitrogens with one attached hydrogen (secondary N) is 1. The molecule has 0 aliphatic rings. The Morgan fingerprint density at radius 2 is 1.91 bits per heavy atom. The third-order valence-electron chi connectivity index (χ3n) is 3.22. The van der Waals surface area contributed by atoms with Crippen LogP contribution in [0.1, 0.15) is 33.4 Å². The van der Waals surface area contributed by atoms with E-state index in [1.807, 2.05) is 24.3 Å². The number of benzene rings is 1. The van der Waals surface area contributed by atoms with Crippen molar-refractivity contribution in [1.82, 2.24) is 10.3 Å². The fourth-order valence-electron chi connectivity index (χ4n) is 2.09. The number of hydrogen-bond donors (Lipinski definition) is 1. The van der Waals surface area contributed by atoms with Gasteiger partial charge in [0.05, 0.1) is 5.69 Å². The highest BCUT2D eigenvalue weighted by Gasteiger charge is 2.32. The molecule has 2 aromatic rings. The lowest BCUT2D eigenvalue weighted by molar-refractivity contribution is -0.113. The first kappa shape index (κ1) is 17.2. The molecule has 6 heteroatoms. The molecule has 1 atom stereocenters. The minimum atomic E-state index is -1.34. The lowest BCUT2D eigenvalue weighted by Crippen LogP contribution is -2.47. The van der Waals surface area contributed by atoms with Gasteiger partial charge < -0.3 is 14.8 Å². The lowest BCUT2D eigenvalue weighted by Gasteiger charge is -2.27. The fourth-order valence-corrected chi connectivity index (χ4v) is 2.35. The molecule has 0 aliphatic carbocycles. The quantitative estimate of drug-likeness (QED) is 0.684. The second kappa shape index (κ2) is 6.16. The van der Waals surface area contributed by atoms with Crippen molar-refractivity contribution in [3.63, 3.8) is 0 Å². The van der Waals surface area contributed by atoms with Crippen LogP contribution in [-0.4, -0.2) is 23.0 Å². The number of aldehydes is 1. The molecule has 1 heterocycles. The fraction of sp³-hybridized carbons (Fsp3) is 0.353. The standard InChI is InChI=1S/C17H19ClN2O3/c1-16(2,3)23-15(22)20-17(4,10-21)13-9-11-7-5-6-8-12(11)14(18)19-13/h5-10H,1-4H3,(H,20,22). The molecule has 5 nitrogen and oxygen atoms in total. The van der Waals surface area contributed by atoms with Gasteiger partial charge in [0.25, 0.3) is 0 Å². The van der Waals surface area contributed by atoms with Gasteiger partial charge in [-0.2, -0.15) is 0 Å². The maximum Gasteiger partial charge on any atom is 0.408 e. The van der Waals surface area contributed by atoms with Gasteiger partial charge in [-0.05, 0) is 39.1 Å². The number of carbonyl (C=O) groups excluding carboxylic acids is 2. The van der Waals surface area contributed by atoms with Crippen LogP contribution in [0.2, 0.25) is 5.15 Å². The number of carbonyl (C=O) groups is 2. The van der Waals surface area contributed by atoms with Gasteiger partial charge in [-0.1, -0.05) is 35.9 Å². The Morgan fingerprint density at radius 1 is 1.26 bits per heavy atom. The van der Waals surface area contributed by atoms with Crippen molar-refractivity contribution < 1.29 is 14.3 Å². The Bertz CT molecular complexity index is 755. The van der Waals surface area contributed by atoms with Crippen LogP contribution in [0, 0.1) is 0 Å². The van der Waals surface area contributed by atoms with Crippen molar-refractivity contribution in [2.24, 2.45) is 0 Å². The first-order valence-electron chi connectivity index (χ1n) is 7.18. The Balaban J connectivity index is 2.39. The second-order valence-electron chi connectivity index (χ2n) is 6.47. The van der Waals surface area contributed by atoms with Crippen LogP contribution in [-0.2, 0) is 15.1 Å². The number of rotatable bonds is 3. The number of nitrogens with zero attached hydrogens (tertiary/aromatic N) is 1. The highest BCUT2D eigenvalue weighted by Crippen LogP contribution is 2.27. The number of amides is 1. The topological polar surface area (TPSA) is 68.3 Å². The van der Waals surface area contributed by atoms with Gasteiger partial charge in [-0.25, -0.2) is 9.78 Å². The van der Waals surface area contributed by atoms with Gasteiger partial charge >= 0.3 is 6.09 Å². The third-order valence-corrected chi connectivity index (χ3v) is 3.51. The third kappa shape index (κ3) is 3.99. The van der Waals surface area contributed by atoms with Crippen molar-refractivity contribution in [3.8, 4) is 0 Å². The molecule has 23 heavy (non-hydrogen) atoms. The monoisotopic (exact) mass is 334 g/mol. The molecule has 0 radical (unpaired) electrons. The van der Waals surface area contributed by atoms with Gasteiger partial charge in [0.2, 0.25) is 0 Å². The van der Waals surface area contributed by atoms with Crippen molar-refractivity contribution in [2.45, 2.75) is 38.8 Å². The van der Waals surface area contributed by atoms with E-state index in [0.717, 1.165) is 10.8 Å². The number of pyridine rings is 1. The van der Waals surface area contributed by atoms with Crippen molar-refractivity contribution in [1.29, 1.82) is 0 Å². The Hall–Kier alpha value is -2.14. The number of halogens is 1. The number of alkyl carbamates (subject to hydrolysis) is 1. The summed E-state index contributed by atoms with van der Waals surface area (Å²) >= 11 is 6.20. The number of fused-ring (bicyclic) bond motifs is 1. The molecule has 1 N–H and O–H groups in total. The highest BCUT2D eigenvalue weighted by atomic mass is 35.5. The smallest absolute Gasteiger partial charge is 0.408 e. The summed E-state index contributed by atoms with van der Waals surface area (Å²) in [5.41, 5.74) is -1.65. The SMILES string of the molecule is CC(C)(C)OC(=O)NC(C)(C=O)c1cc2ccccc2c(Cl)n1. The molecule has 0 spiro atoms. The van der Waals surface area contributed by atoms with E-state index in [1.165, 1.54) is 0 Å². The van der Waals surface area contributed by atoms with E-state index in [2.05, 4.69) is 10.3 Å². The number of hydrogen-bond acceptors (Lipinski definition) is 4. The van der Waals surface area contributed by atoms with E-state index in [4.69, 9.17) is 16.3 Å². The molecule has 0 aliphatic heterocycles. The Labute approximate surface area is 140 Å². The van der Waals surface area contributed by atoms with E-state index < -0.39 is 17.2 Å². The highest BCUT2D eigenvalue weighted by molar-refractivity contribution is 6.34. The van der Waals surface area contributed by atoms with Crippen LogP contribution in [0.25, 0.3) is 10.8 Å². The minimum Gasteiger partial charge on any atom is -0.444 e. The number of aromatic nitrogens is 1. The molecule has 122 valence electrons. The first-order valence-corrected chi connectivity index (χ1v) is 7.56. The van der Waals surface area contributed by atoms with Crippen molar-refractivity contribution in [3.05, 3.63) is 41.2 Å². The molecule has 1 aromatic heterocycles. The summed E-state index contributed by atoms with van der Waals surface area (Å²) in [6.07, 6.45) is -0.0807. The Morgan fingerprint density at radius 3 is 2.52 bits per heavy atom. The summed E-state index contributed by atoms with van der Waals surface area (Å²) in [5.74, 6) is 0. The van der Waals surface area contributed by atoms with Gasteiger partial charge in [0.15, 0.2) is 6.29 Å². The molecule has 0 saturated carbocycles. The average molecular weight is 335 g/mol. The lowest BCUT2D eigenvalue weighted by atomic mass is 9.97. The van der Waals surface area contributed by atoms with E-state index in [-0.39, 0.29) is 5.15 Å². The maximum atomic E-state index is 12.0. The van der Waals surface area contributed by atoms with Crippen LogP contribution in [0.4, 0.5) is 4.79 Å². The molecule has 0 saturated heterocycles. The molecular formula is C17H19ClN2O3. The zero-order chi connectivity index (χ0) is 17.3. The first-order chi connectivity index (χ1) is 10.6. The summed E-state index contributed by atoms with van der Waals surface area (Å²) in [5, 5.41) is 4.45. The van der Waals surface area contributed by atoms with Gasteiger partial charge in [-0.15, -0.1) is 0 Å². The van der Waals surface area contributed by atoms with Gasteiger partial charge in [0.1, 0.15) is 16.3 Å². The average Bonchev–Trinajstić information content (AvgIpc) is 2.45. The maximum absolute atomic E-state index is 12.0. The summed E-state index contributed by atoms with van der Waals surface area (Å²) in [4.78, 5) is 27.9. The molecule has 0 fully saturated rings. The zero-order valence-electron chi connectivity index (χ0n) is 13.5. The van der Waals surface area contributed by atoms with Crippen LogP contribution in [0.5, 0.6) is 0 Å². The number of ether oxygens (including phenoxy) is 1. The van der Waals surface area contributed by atoms with E-state index in [9.17, 15) is 9.59 Å². The van der Waals surface area contributed by atoms with Gasteiger partial charge in [0, 0.05) is 5.39 Å². The van der Waals surface area contributed by atoms with Crippen molar-refractivity contribution >= 4 is 34.8 Å². The molecule has 1 unspecified atom stereocenters. The second-order valence-corrected chi connectivity index (χ2v) is 6.82. The summed E-state index contributed by atoms with van der Waals surface area (Å²) < 4.78 is 5.20. The van der Waals surface area contributed by atoms with E-state index >= 15 is 0 Å². The molecule has 1 amide bonds. The van der Waals surface area contributed by atoms with E-state index in [1.54, 1.807) is 33.8 Å². The van der Waals surface area contributed by atoms with Crippen LogP contribution >= 0.6 is 11.6 Å². The van der Waals surface area contributed by atoms with Gasteiger partial charge in [-0.3, -0.25) is 0 Å². The van der Waals surface area contributed by atoms with Crippen LogP contribution < -0.4 is 5.32 Å². The van der Waals surface area contributed by atoms with E-state index in [0.29, 0.717) is 12.0 Å². The Kier molecular flexibility index (Phi) is 4.61. The van der Waals surface area contributed by atoms with Crippen LogP contribution in [0.3, 0.4) is 0 Å². The summed E-state index contributed by atoms with van der Waals surface area (Å²) in [7, 11) is 0. The normalized spacial score (nSPS) is 14.1. The predicted octanol–water partition coefficient (Wildman–Crippen LogP) is 3.83.